The number of ether oxygens (including phenoxy) is 1. The maximum Gasteiger partial charge on any atom is 0.573 e. The molecule has 1 aliphatic heterocycles. The SMILES string of the molecule is CCCN1c2cccc(-c3cccc(F)c3)c2CC[C@@H]1c1cccc(OC(F)(F)F)c1. The predicted octanol–water partition coefficient (Wildman–Crippen LogP) is 7.30. The topological polar surface area (TPSA) is 12.5 Å². The minimum Gasteiger partial charge on any atom is -0.406 e. The molecule has 0 aromatic heterocycles. The summed E-state index contributed by atoms with van der Waals surface area (Å²) in [6.07, 6.45) is -2.34. The maximum atomic E-state index is 13.8. The molecule has 1 atom stereocenters. The summed E-state index contributed by atoms with van der Waals surface area (Å²) in [6.45, 7) is 2.83. The molecule has 0 fully saturated rings. The van der Waals surface area contributed by atoms with Crippen LogP contribution in [0.5, 0.6) is 5.75 Å². The summed E-state index contributed by atoms with van der Waals surface area (Å²) >= 11 is 0. The Bertz CT molecular complexity index is 1060. The fourth-order valence-corrected chi connectivity index (χ4v) is 4.42. The van der Waals surface area contributed by atoms with Gasteiger partial charge in [0.15, 0.2) is 0 Å². The van der Waals surface area contributed by atoms with E-state index >= 15 is 0 Å². The third-order valence-corrected chi connectivity index (χ3v) is 5.58. The number of fused-ring (bicyclic) bond motifs is 1. The summed E-state index contributed by atoms with van der Waals surface area (Å²) in [7, 11) is 0. The van der Waals surface area contributed by atoms with Crippen molar-refractivity contribution in [3.8, 4) is 16.9 Å². The molecule has 1 aliphatic rings. The standard InChI is InChI=1S/C25H23F4NO/c1-2-14-30-23(18-7-4-9-20(16-18)31-25(27,28)29)13-12-22-21(10-5-11-24(22)30)17-6-3-8-19(26)15-17/h3-11,15-16,23H,2,12-14H2,1H3/t23-/m1/s1. The van der Waals surface area contributed by atoms with E-state index in [1.807, 2.05) is 30.3 Å². The maximum absolute atomic E-state index is 13.8. The van der Waals surface area contributed by atoms with Gasteiger partial charge in [0.2, 0.25) is 0 Å². The largest absolute Gasteiger partial charge is 0.573 e. The first-order chi connectivity index (χ1) is 14.9. The van der Waals surface area contributed by atoms with Crippen LogP contribution in [0.4, 0.5) is 23.2 Å². The van der Waals surface area contributed by atoms with Crippen LogP contribution in [0.3, 0.4) is 0 Å². The van der Waals surface area contributed by atoms with Crippen molar-refractivity contribution < 1.29 is 22.3 Å². The molecule has 4 rings (SSSR count). The molecule has 0 unspecified atom stereocenters. The van der Waals surface area contributed by atoms with Gasteiger partial charge in [0, 0.05) is 12.2 Å². The minimum atomic E-state index is -4.72. The number of hydrogen-bond donors (Lipinski definition) is 0. The molecule has 6 heteroatoms. The molecule has 31 heavy (non-hydrogen) atoms. The lowest BCUT2D eigenvalue weighted by atomic mass is 9.86. The van der Waals surface area contributed by atoms with E-state index in [4.69, 9.17) is 0 Å². The van der Waals surface area contributed by atoms with E-state index in [-0.39, 0.29) is 17.6 Å². The van der Waals surface area contributed by atoms with Gasteiger partial charge in [-0.15, -0.1) is 13.2 Å². The molecule has 0 spiro atoms. The molecule has 0 bridgehead atoms. The minimum absolute atomic E-state index is 0.0630. The van der Waals surface area contributed by atoms with E-state index in [1.165, 1.54) is 24.3 Å². The average Bonchev–Trinajstić information content (AvgIpc) is 2.73. The van der Waals surface area contributed by atoms with E-state index in [0.29, 0.717) is 0 Å². The van der Waals surface area contributed by atoms with E-state index in [2.05, 4.69) is 16.6 Å². The van der Waals surface area contributed by atoms with Gasteiger partial charge in [-0.1, -0.05) is 43.3 Å². The van der Waals surface area contributed by atoms with Gasteiger partial charge in [-0.05, 0) is 71.8 Å². The highest BCUT2D eigenvalue weighted by Crippen LogP contribution is 2.43. The van der Waals surface area contributed by atoms with Gasteiger partial charge >= 0.3 is 6.36 Å². The molecule has 0 N–H and O–H groups in total. The molecule has 0 saturated carbocycles. The summed E-state index contributed by atoms with van der Waals surface area (Å²) in [6, 6.07) is 18.7. The highest BCUT2D eigenvalue weighted by Gasteiger charge is 2.32. The number of halogens is 4. The molecular weight excluding hydrogens is 406 g/mol. The molecule has 0 saturated heterocycles. The predicted molar refractivity (Wildman–Crippen MR) is 114 cm³/mol. The molecule has 162 valence electrons. The Hall–Kier alpha value is -3.02. The Balaban J connectivity index is 1.73. The number of hydrogen-bond acceptors (Lipinski definition) is 2. The van der Waals surface area contributed by atoms with Crippen LogP contribution < -0.4 is 9.64 Å². The monoisotopic (exact) mass is 429 g/mol. The van der Waals surface area contributed by atoms with E-state index in [9.17, 15) is 17.6 Å². The zero-order valence-electron chi connectivity index (χ0n) is 17.1. The molecule has 3 aromatic rings. The Labute approximate surface area is 179 Å². The number of alkyl halides is 3. The van der Waals surface area contributed by atoms with Gasteiger partial charge in [0.1, 0.15) is 11.6 Å². The first-order valence-corrected chi connectivity index (χ1v) is 10.4. The lowest BCUT2D eigenvalue weighted by Gasteiger charge is -2.40. The van der Waals surface area contributed by atoms with Gasteiger partial charge in [0.25, 0.3) is 0 Å². The Morgan fingerprint density at radius 1 is 1.00 bits per heavy atom. The first kappa shape index (κ1) is 21.2. The van der Waals surface area contributed by atoms with Gasteiger partial charge < -0.3 is 9.64 Å². The van der Waals surface area contributed by atoms with Gasteiger partial charge in [-0.25, -0.2) is 4.39 Å². The highest BCUT2D eigenvalue weighted by atomic mass is 19.4. The third-order valence-electron chi connectivity index (χ3n) is 5.58. The second-order valence-electron chi connectivity index (χ2n) is 7.68. The van der Waals surface area contributed by atoms with E-state index in [0.717, 1.165) is 53.7 Å². The lowest BCUT2D eigenvalue weighted by molar-refractivity contribution is -0.274. The third kappa shape index (κ3) is 4.68. The van der Waals surface area contributed by atoms with Crippen LogP contribution in [0.1, 0.15) is 36.9 Å². The molecule has 0 radical (unpaired) electrons. The number of anilines is 1. The van der Waals surface area contributed by atoms with Crippen LogP contribution >= 0.6 is 0 Å². The van der Waals surface area contributed by atoms with Crippen molar-refractivity contribution in [2.45, 2.75) is 38.6 Å². The lowest BCUT2D eigenvalue weighted by Crippen LogP contribution is -2.34. The van der Waals surface area contributed by atoms with Crippen LogP contribution in [0.15, 0.2) is 66.7 Å². The normalized spacial score (nSPS) is 16.2. The van der Waals surface area contributed by atoms with Crippen LogP contribution in [0.25, 0.3) is 11.1 Å². The summed E-state index contributed by atoms with van der Waals surface area (Å²) < 4.78 is 56.0. The summed E-state index contributed by atoms with van der Waals surface area (Å²) in [5.74, 6) is -0.489. The average molecular weight is 429 g/mol. The van der Waals surface area contributed by atoms with Crippen LogP contribution in [-0.2, 0) is 6.42 Å². The number of rotatable bonds is 5. The van der Waals surface area contributed by atoms with Crippen LogP contribution in [0.2, 0.25) is 0 Å². The van der Waals surface area contributed by atoms with Crippen molar-refractivity contribution in [1.29, 1.82) is 0 Å². The zero-order valence-corrected chi connectivity index (χ0v) is 17.1. The fourth-order valence-electron chi connectivity index (χ4n) is 4.42. The molecule has 0 aliphatic carbocycles. The molecular formula is C25H23F4NO. The summed E-state index contributed by atoms with van der Waals surface area (Å²) in [4.78, 5) is 2.24. The van der Waals surface area contributed by atoms with Crippen molar-refractivity contribution in [3.63, 3.8) is 0 Å². The van der Waals surface area contributed by atoms with Gasteiger partial charge in [-0.3, -0.25) is 0 Å². The van der Waals surface area contributed by atoms with Crippen LogP contribution in [-0.4, -0.2) is 12.9 Å². The Kier molecular flexibility index (Phi) is 5.90. The van der Waals surface area contributed by atoms with Crippen molar-refractivity contribution >= 4 is 5.69 Å². The smallest absolute Gasteiger partial charge is 0.406 e. The van der Waals surface area contributed by atoms with Crippen molar-refractivity contribution in [2.75, 3.05) is 11.4 Å². The van der Waals surface area contributed by atoms with Crippen LogP contribution in [0, 0.1) is 5.82 Å². The summed E-state index contributed by atoms with van der Waals surface area (Å²) in [5, 5.41) is 0. The first-order valence-electron chi connectivity index (χ1n) is 10.4. The number of nitrogens with zero attached hydrogens (tertiary/aromatic N) is 1. The summed E-state index contributed by atoms with van der Waals surface area (Å²) in [5.41, 5.74) is 4.79. The Morgan fingerprint density at radius 2 is 1.77 bits per heavy atom. The van der Waals surface area contributed by atoms with E-state index < -0.39 is 6.36 Å². The van der Waals surface area contributed by atoms with Crippen molar-refractivity contribution in [1.82, 2.24) is 0 Å². The molecule has 2 nitrogen and oxygen atoms in total. The van der Waals surface area contributed by atoms with Gasteiger partial charge in [-0.2, -0.15) is 0 Å². The zero-order chi connectivity index (χ0) is 22.0. The number of benzene rings is 3. The Morgan fingerprint density at radius 3 is 2.52 bits per heavy atom. The molecule has 1 heterocycles. The quantitative estimate of drug-likeness (QED) is 0.395. The highest BCUT2D eigenvalue weighted by molar-refractivity contribution is 5.76. The van der Waals surface area contributed by atoms with E-state index in [1.54, 1.807) is 12.1 Å². The second-order valence-corrected chi connectivity index (χ2v) is 7.68. The van der Waals surface area contributed by atoms with Crippen molar-refractivity contribution in [2.24, 2.45) is 0 Å². The molecule has 3 aromatic carbocycles. The second kappa shape index (κ2) is 8.61. The fraction of sp³-hybridized carbons (Fsp3) is 0.280. The van der Waals surface area contributed by atoms with Crippen molar-refractivity contribution in [3.05, 3.63) is 83.7 Å². The molecule has 0 amide bonds. The van der Waals surface area contributed by atoms with Gasteiger partial charge in [0.05, 0.1) is 6.04 Å².